The van der Waals surface area contributed by atoms with Crippen molar-refractivity contribution in [3.05, 3.63) is 106 Å². The Morgan fingerprint density at radius 1 is 1.01 bits per heavy atom. The highest BCUT2D eigenvalue weighted by molar-refractivity contribution is 7.98. The van der Waals surface area contributed by atoms with Crippen LogP contribution < -0.4 is 19.7 Å². The molecule has 3 aromatic heterocycles. The first kappa shape index (κ1) is 46.3. The number of carbonyl (C=O) groups excluding carboxylic acids is 2. The molecule has 4 fully saturated rings. The summed E-state index contributed by atoms with van der Waals surface area (Å²) in [7, 11) is 3.62. The number of amides is 2. The second kappa shape index (κ2) is 19.4. The van der Waals surface area contributed by atoms with Gasteiger partial charge in [0.15, 0.2) is 0 Å². The molecule has 0 radical (unpaired) electrons. The Balaban J connectivity index is 0.847. The lowest BCUT2D eigenvalue weighted by Crippen LogP contribution is -2.55. The Kier molecular flexibility index (Phi) is 13.4. The average molecular weight is 933 g/mol. The number of benzene rings is 2. The third-order valence-corrected chi connectivity index (χ3v) is 15.2. The molecule has 4 aliphatic rings. The van der Waals surface area contributed by atoms with E-state index >= 15 is 4.39 Å². The number of halogens is 1. The van der Waals surface area contributed by atoms with E-state index in [0.717, 1.165) is 55.6 Å². The van der Waals surface area contributed by atoms with Crippen LogP contribution in [-0.4, -0.2) is 118 Å². The van der Waals surface area contributed by atoms with Crippen molar-refractivity contribution in [3.8, 4) is 11.6 Å². The average Bonchev–Trinajstić information content (AvgIpc) is 4.00. The largest absolute Gasteiger partial charge is 0.436 e. The summed E-state index contributed by atoms with van der Waals surface area (Å²) in [6.45, 7) is 8.13. The second-order valence-corrected chi connectivity index (χ2v) is 20.4. The van der Waals surface area contributed by atoms with Crippen molar-refractivity contribution in [2.75, 3.05) is 70.1 Å². The van der Waals surface area contributed by atoms with Gasteiger partial charge in [0.2, 0.25) is 11.8 Å². The molecule has 1 spiro atoms. The van der Waals surface area contributed by atoms with Crippen LogP contribution in [0.5, 0.6) is 11.6 Å². The predicted octanol–water partition coefficient (Wildman–Crippen LogP) is 9.11. The smallest absolute Gasteiger partial charge is 0.293 e. The van der Waals surface area contributed by atoms with Crippen LogP contribution in [0, 0.1) is 15.5 Å². The summed E-state index contributed by atoms with van der Waals surface area (Å²) in [6, 6.07) is 21.9. The molecule has 6 heterocycles. The van der Waals surface area contributed by atoms with Crippen LogP contribution in [0.3, 0.4) is 0 Å². The molecule has 1 unspecified atom stereocenters. The van der Waals surface area contributed by atoms with E-state index in [0.29, 0.717) is 39.7 Å². The Morgan fingerprint density at radius 3 is 2.54 bits per heavy atom. The number of likely N-dealkylation sites (tertiary alicyclic amines) is 2. The summed E-state index contributed by atoms with van der Waals surface area (Å²) in [5.74, 6) is 1.22. The Bertz CT molecular complexity index is 2600. The number of piperidine rings is 2. The zero-order chi connectivity index (χ0) is 46.9. The lowest BCUT2D eigenvalue weighted by atomic mass is 9.60. The van der Waals surface area contributed by atoms with E-state index in [-0.39, 0.29) is 67.7 Å². The zero-order valence-corrected chi connectivity index (χ0v) is 39.6. The molecule has 1 atom stereocenters. The van der Waals surface area contributed by atoms with Crippen molar-refractivity contribution in [1.82, 2.24) is 34.4 Å². The van der Waals surface area contributed by atoms with E-state index in [1.54, 1.807) is 34.3 Å². The highest BCUT2D eigenvalue weighted by Gasteiger charge is 2.50. The number of likely N-dealkylation sites (N-methyl/N-ethyl adjacent to an activating group) is 1. The first-order valence-corrected chi connectivity index (χ1v) is 24.4. The summed E-state index contributed by atoms with van der Waals surface area (Å²) < 4.78 is 25.0. The second-order valence-electron chi connectivity index (χ2n) is 19.5. The van der Waals surface area contributed by atoms with E-state index in [1.165, 1.54) is 48.9 Å². The highest BCUT2D eigenvalue weighted by atomic mass is 32.2. The molecular weight excluding hydrogens is 872 g/mol. The Morgan fingerprint density at radius 2 is 1.79 bits per heavy atom. The molecule has 9 rings (SSSR count). The van der Waals surface area contributed by atoms with Gasteiger partial charge in [-0.1, -0.05) is 38.1 Å². The molecule has 5 aromatic rings. The minimum atomic E-state index is -1.63. The van der Waals surface area contributed by atoms with Crippen molar-refractivity contribution >= 4 is 52.0 Å². The SMILES string of the molecule is CC(C)c1ccccc1C1CCCN1C1CC2(CCN(c3ccc(C(=O)NSc4ccc(NCC5(F)CCN(C(=O)CN(C)C)CC5)c([N+](=O)[O-])c4)c(Oc4cnc5[nH]ccc5c4)n3)CC2)C1. The lowest BCUT2D eigenvalue weighted by molar-refractivity contribution is -0.384. The normalized spacial score (nSPS) is 19.5. The molecule has 17 heteroatoms. The molecule has 0 bridgehead atoms. The van der Waals surface area contributed by atoms with E-state index in [9.17, 15) is 19.7 Å². The maximum absolute atomic E-state index is 15.8. The van der Waals surface area contributed by atoms with Crippen LogP contribution in [0.25, 0.3) is 11.0 Å². The van der Waals surface area contributed by atoms with Crippen molar-refractivity contribution in [2.24, 2.45) is 5.41 Å². The van der Waals surface area contributed by atoms with Crippen molar-refractivity contribution in [1.29, 1.82) is 0 Å². The number of fused-ring (bicyclic) bond motifs is 1. The first-order valence-electron chi connectivity index (χ1n) is 23.6. The summed E-state index contributed by atoms with van der Waals surface area (Å²) >= 11 is 0.924. The summed E-state index contributed by atoms with van der Waals surface area (Å²) in [6.07, 6.45) is 10.7. The molecule has 2 amide bonds. The Hall–Kier alpha value is -5.78. The van der Waals surface area contributed by atoms with Crippen molar-refractivity contribution in [3.63, 3.8) is 0 Å². The van der Waals surface area contributed by atoms with E-state index in [1.807, 2.05) is 32.3 Å². The van der Waals surface area contributed by atoms with Crippen LogP contribution in [-0.2, 0) is 4.79 Å². The maximum atomic E-state index is 15.8. The number of hydrogen-bond acceptors (Lipinski definition) is 12. The van der Waals surface area contributed by atoms with Crippen LogP contribution in [0.1, 0.15) is 98.7 Å². The van der Waals surface area contributed by atoms with Crippen LogP contribution >= 0.6 is 11.9 Å². The van der Waals surface area contributed by atoms with Gasteiger partial charge >= 0.3 is 0 Å². The van der Waals surface area contributed by atoms with E-state index in [4.69, 9.17) is 9.72 Å². The standard InChI is InChI=1S/C50H61FN10O5S/c1-33(2)38-8-5-6-9-39(38)42-10-7-21-60(42)35-28-49(29-35)16-22-58(23-17-49)44-14-12-40(48(55-44)66-36-26-34-15-20-52-46(34)53-30-36)47(63)56-67-37-11-13-41(43(27-37)61(64)65)54-32-50(51)18-24-59(25-19-50)45(62)31-57(3)4/h5-6,8-9,11-15,20,26-27,30,33,35,42,54H,7,10,16-19,21-25,28-29,31-32H2,1-4H3,(H,52,53)(H,56,63). The number of pyridine rings is 2. The molecule has 15 nitrogen and oxygen atoms in total. The highest BCUT2D eigenvalue weighted by Crippen LogP contribution is 2.54. The molecule has 354 valence electrons. The monoisotopic (exact) mass is 932 g/mol. The molecular formula is C50H61FN10O5S. The molecule has 3 saturated heterocycles. The fourth-order valence-electron chi connectivity index (χ4n) is 10.6. The first-order chi connectivity index (χ1) is 32.2. The number of anilines is 2. The molecule has 67 heavy (non-hydrogen) atoms. The van der Waals surface area contributed by atoms with Gasteiger partial charge in [-0.25, -0.2) is 9.37 Å². The van der Waals surface area contributed by atoms with Crippen LogP contribution in [0.15, 0.2) is 84.0 Å². The molecule has 1 aliphatic carbocycles. The summed E-state index contributed by atoms with van der Waals surface area (Å²) in [5.41, 5.74) is 2.48. The minimum absolute atomic E-state index is 0.0532. The molecule has 3 N–H and O–H groups in total. The minimum Gasteiger partial charge on any atom is -0.436 e. The van der Waals surface area contributed by atoms with Gasteiger partial charge in [0, 0.05) is 80.2 Å². The number of nitrogens with one attached hydrogen (secondary N) is 3. The van der Waals surface area contributed by atoms with Gasteiger partial charge < -0.3 is 29.7 Å². The van der Waals surface area contributed by atoms with Gasteiger partial charge in [0.25, 0.3) is 11.6 Å². The van der Waals surface area contributed by atoms with Crippen molar-refractivity contribution < 1.29 is 23.6 Å². The lowest BCUT2D eigenvalue weighted by Gasteiger charge is -2.56. The fourth-order valence-corrected chi connectivity index (χ4v) is 11.3. The van der Waals surface area contributed by atoms with E-state index in [2.05, 4.69) is 67.9 Å². The molecule has 1 saturated carbocycles. The topological polar surface area (TPSA) is 165 Å². The number of alkyl halides is 1. The number of nitro benzene ring substituents is 1. The van der Waals surface area contributed by atoms with Crippen molar-refractivity contribution in [2.45, 2.75) is 93.8 Å². The quantitative estimate of drug-likeness (QED) is 0.0519. The number of carbonyl (C=O) groups is 2. The molecule has 2 aromatic carbocycles. The number of hydrogen-bond donors (Lipinski definition) is 3. The number of nitrogens with zero attached hydrogens (tertiary/aromatic N) is 7. The number of H-pyrrole nitrogens is 1. The van der Waals surface area contributed by atoms with Gasteiger partial charge in [-0.3, -0.25) is 29.3 Å². The number of ether oxygens (including phenoxy) is 1. The molecule has 3 aliphatic heterocycles. The van der Waals surface area contributed by atoms with Crippen LogP contribution in [0.4, 0.5) is 21.6 Å². The predicted molar refractivity (Wildman–Crippen MR) is 260 cm³/mol. The number of aromatic nitrogens is 3. The van der Waals surface area contributed by atoms with Crippen LogP contribution in [0.2, 0.25) is 0 Å². The van der Waals surface area contributed by atoms with Gasteiger partial charge in [-0.05, 0) is 130 Å². The van der Waals surface area contributed by atoms with E-state index < -0.39 is 16.5 Å². The number of aromatic amines is 1. The fraction of sp³-hybridized carbons (Fsp3) is 0.480. The summed E-state index contributed by atoms with van der Waals surface area (Å²) in [4.78, 5) is 59.5. The van der Waals surface area contributed by atoms with Gasteiger partial charge in [0.1, 0.15) is 34.1 Å². The number of rotatable bonds is 15. The third kappa shape index (κ3) is 10.2. The van der Waals surface area contributed by atoms with Gasteiger partial charge in [0.05, 0.1) is 17.7 Å². The van der Waals surface area contributed by atoms with Gasteiger partial charge in [-0.15, -0.1) is 0 Å². The third-order valence-electron chi connectivity index (χ3n) is 14.4. The van der Waals surface area contributed by atoms with Gasteiger partial charge in [-0.2, -0.15) is 4.98 Å². The number of nitro groups is 1. The summed E-state index contributed by atoms with van der Waals surface area (Å²) in [5, 5.41) is 16.0. The Labute approximate surface area is 395 Å². The zero-order valence-electron chi connectivity index (χ0n) is 38.8. The maximum Gasteiger partial charge on any atom is 0.293 e.